The molecule has 3 aromatic rings. The predicted molar refractivity (Wildman–Crippen MR) is 77.0 cm³/mol. The lowest BCUT2D eigenvalue weighted by molar-refractivity contribution is 0.112. The van der Waals surface area contributed by atoms with Gasteiger partial charge in [0.2, 0.25) is 0 Å². The molecule has 2 heterocycles. The molecule has 0 N–H and O–H groups in total. The molecule has 0 aliphatic heterocycles. The first-order chi connectivity index (χ1) is 9.65. The van der Waals surface area contributed by atoms with Crippen LogP contribution in [0.3, 0.4) is 0 Å². The molecule has 4 nitrogen and oxygen atoms in total. The number of rotatable bonds is 3. The SMILES string of the molecule is Cc1cc(=O)oc2cc(Oc3csc(C=O)c3)ccc12. The molecule has 3 rings (SSSR count). The second-order valence-corrected chi connectivity index (χ2v) is 5.25. The summed E-state index contributed by atoms with van der Waals surface area (Å²) in [5, 5.41) is 2.62. The summed E-state index contributed by atoms with van der Waals surface area (Å²) < 4.78 is 10.8. The summed E-state index contributed by atoms with van der Waals surface area (Å²) in [5.41, 5.74) is 0.964. The van der Waals surface area contributed by atoms with Crippen LogP contribution in [-0.2, 0) is 0 Å². The Kier molecular flexibility index (Phi) is 3.12. The highest BCUT2D eigenvalue weighted by Gasteiger charge is 2.06. The molecular formula is C15H10O4S. The lowest BCUT2D eigenvalue weighted by Gasteiger charge is -2.05. The summed E-state index contributed by atoms with van der Waals surface area (Å²) in [6.45, 7) is 1.86. The monoisotopic (exact) mass is 286 g/mol. The van der Waals surface area contributed by atoms with Crippen molar-refractivity contribution in [2.75, 3.05) is 0 Å². The van der Waals surface area contributed by atoms with Crippen LogP contribution in [0.15, 0.2) is 44.9 Å². The number of fused-ring (bicyclic) bond motifs is 1. The Bertz CT molecular complexity index is 844. The molecule has 20 heavy (non-hydrogen) atoms. The first kappa shape index (κ1) is 12.6. The number of aldehydes is 1. The van der Waals surface area contributed by atoms with Crippen molar-refractivity contribution in [2.45, 2.75) is 6.92 Å². The maximum absolute atomic E-state index is 11.4. The maximum atomic E-state index is 11.4. The van der Waals surface area contributed by atoms with E-state index in [1.165, 1.54) is 17.4 Å². The van der Waals surface area contributed by atoms with Gasteiger partial charge in [-0.2, -0.15) is 0 Å². The number of aryl methyl sites for hydroxylation is 1. The summed E-state index contributed by atoms with van der Waals surface area (Å²) in [6.07, 6.45) is 0.778. The third-order valence-corrected chi connectivity index (χ3v) is 3.71. The van der Waals surface area contributed by atoms with Gasteiger partial charge in [0, 0.05) is 29.0 Å². The number of thiophene rings is 1. The van der Waals surface area contributed by atoms with E-state index >= 15 is 0 Å². The molecule has 0 saturated carbocycles. The van der Waals surface area contributed by atoms with E-state index in [0.717, 1.165) is 17.2 Å². The van der Waals surface area contributed by atoms with Gasteiger partial charge < -0.3 is 9.15 Å². The second kappa shape index (κ2) is 4.94. The van der Waals surface area contributed by atoms with Crippen molar-refractivity contribution in [3.63, 3.8) is 0 Å². The summed E-state index contributed by atoms with van der Waals surface area (Å²) in [7, 11) is 0. The Labute approximate surface area is 118 Å². The fraction of sp³-hybridized carbons (Fsp3) is 0.0667. The maximum Gasteiger partial charge on any atom is 0.336 e. The van der Waals surface area contributed by atoms with Crippen molar-refractivity contribution in [2.24, 2.45) is 0 Å². The zero-order valence-corrected chi connectivity index (χ0v) is 11.4. The summed E-state index contributed by atoms with van der Waals surface area (Å²) in [5.74, 6) is 1.15. The molecule has 2 aromatic heterocycles. The van der Waals surface area contributed by atoms with E-state index in [1.807, 2.05) is 13.0 Å². The average molecular weight is 286 g/mol. The number of benzene rings is 1. The molecule has 0 aliphatic carbocycles. The van der Waals surface area contributed by atoms with Gasteiger partial charge >= 0.3 is 5.63 Å². The van der Waals surface area contributed by atoms with Crippen molar-refractivity contribution in [3.8, 4) is 11.5 Å². The molecular weight excluding hydrogens is 276 g/mol. The Morgan fingerprint density at radius 2 is 2.05 bits per heavy atom. The molecule has 0 unspecified atom stereocenters. The molecule has 0 radical (unpaired) electrons. The molecule has 0 fully saturated rings. The van der Waals surface area contributed by atoms with Gasteiger partial charge in [-0.25, -0.2) is 4.79 Å². The van der Waals surface area contributed by atoms with Crippen molar-refractivity contribution < 1.29 is 13.9 Å². The number of carbonyl (C=O) groups is 1. The Morgan fingerprint density at radius 1 is 1.20 bits per heavy atom. The fourth-order valence-corrected chi connectivity index (χ4v) is 2.56. The minimum Gasteiger partial charge on any atom is -0.456 e. The third-order valence-electron chi connectivity index (χ3n) is 2.87. The minimum absolute atomic E-state index is 0.383. The average Bonchev–Trinajstić information content (AvgIpc) is 2.85. The molecule has 0 spiro atoms. The molecule has 1 aromatic carbocycles. The first-order valence-electron chi connectivity index (χ1n) is 5.92. The van der Waals surface area contributed by atoms with Crippen LogP contribution in [-0.4, -0.2) is 6.29 Å². The van der Waals surface area contributed by atoms with Crippen LogP contribution in [0.2, 0.25) is 0 Å². The van der Waals surface area contributed by atoms with Gasteiger partial charge in [-0.1, -0.05) is 0 Å². The van der Waals surface area contributed by atoms with Crippen molar-refractivity contribution in [3.05, 3.63) is 56.6 Å². The standard InChI is InChI=1S/C15H10O4S/c1-9-4-15(17)19-14-6-10(2-3-13(9)14)18-11-5-12(7-16)20-8-11/h2-8H,1H3. The summed E-state index contributed by atoms with van der Waals surface area (Å²) in [6, 6.07) is 8.43. The molecule has 0 atom stereocenters. The Hall–Kier alpha value is -2.40. The van der Waals surface area contributed by atoms with Crippen LogP contribution in [0.25, 0.3) is 11.0 Å². The van der Waals surface area contributed by atoms with Gasteiger partial charge in [-0.3, -0.25) is 4.79 Å². The third kappa shape index (κ3) is 2.35. The van der Waals surface area contributed by atoms with Crippen molar-refractivity contribution in [1.82, 2.24) is 0 Å². The van der Waals surface area contributed by atoms with E-state index in [2.05, 4.69) is 0 Å². The quantitative estimate of drug-likeness (QED) is 0.543. The highest BCUT2D eigenvalue weighted by atomic mass is 32.1. The van der Waals surface area contributed by atoms with Gasteiger partial charge in [-0.15, -0.1) is 11.3 Å². The lowest BCUT2D eigenvalue weighted by atomic mass is 10.1. The molecule has 0 bridgehead atoms. The normalized spacial score (nSPS) is 10.7. The molecule has 100 valence electrons. The van der Waals surface area contributed by atoms with Crippen LogP contribution >= 0.6 is 11.3 Å². The summed E-state index contributed by atoms with van der Waals surface area (Å²) >= 11 is 1.31. The largest absolute Gasteiger partial charge is 0.456 e. The molecule has 0 amide bonds. The van der Waals surface area contributed by atoms with E-state index in [0.29, 0.717) is 22.0 Å². The zero-order chi connectivity index (χ0) is 14.1. The Balaban J connectivity index is 2.00. The van der Waals surface area contributed by atoms with Gasteiger partial charge in [0.15, 0.2) is 6.29 Å². The second-order valence-electron chi connectivity index (χ2n) is 4.31. The van der Waals surface area contributed by atoms with Crippen molar-refractivity contribution >= 4 is 28.6 Å². The van der Waals surface area contributed by atoms with Gasteiger partial charge in [0.1, 0.15) is 17.1 Å². The van der Waals surface area contributed by atoms with E-state index in [4.69, 9.17) is 9.15 Å². The van der Waals surface area contributed by atoms with Gasteiger partial charge in [0.05, 0.1) is 4.88 Å². The van der Waals surface area contributed by atoms with E-state index in [-0.39, 0.29) is 5.63 Å². The minimum atomic E-state index is -0.383. The van der Waals surface area contributed by atoms with E-state index in [9.17, 15) is 9.59 Å². The summed E-state index contributed by atoms with van der Waals surface area (Å²) in [4.78, 5) is 22.6. The van der Waals surface area contributed by atoms with Crippen LogP contribution in [0.5, 0.6) is 11.5 Å². The highest BCUT2D eigenvalue weighted by Crippen LogP contribution is 2.29. The number of hydrogen-bond acceptors (Lipinski definition) is 5. The fourth-order valence-electron chi connectivity index (χ4n) is 1.95. The lowest BCUT2D eigenvalue weighted by Crippen LogP contribution is -1.97. The van der Waals surface area contributed by atoms with Crippen molar-refractivity contribution in [1.29, 1.82) is 0 Å². The Morgan fingerprint density at radius 3 is 2.80 bits per heavy atom. The highest BCUT2D eigenvalue weighted by molar-refractivity contribution is 7.11. The molecule has 0 aliphatic rings. The zero-order valence-electron chi connectivity index (χ0n) is 10.6. The van der Waals surface area contributed by atoms with E-state index < -0.39 is 0 Å². The van der Waals surface area contributed by atoms with Crippen LogP contribution in [0.1, 0.15) is 15.2 Å². The number of hydrogen-bond donors (Lipinski definition) is 0. The molecule has 0 saturated heterocycles. The van der Waals surface area contributed by atoms with Crippen LogP contribution in [0.4, 0.5) is 0 Å². The topological polar surface area (TPSA) is 56.5 Å². The first-order valence-corrected chi connectivity index (χ1v) is 6.80. The smallest absolute Gasteiger partial charge is 0.336 e. The van der Waals surface area contributed by atoms with Gasteiger partial charge in [0.25, 0.3) is 0 Å². The number of ether oxygens (including phenoxy) is 1. The molecule has 5 heteroatoms. The number of carbonyl (C=O) groups excluding carboxylic acids is 1. The predicted octanol–water partition coefficient (Wildman–Crippen LogP) is 3.77. The van der Waals surface area contributed by atoms with Gasteiger partial charge in [-0.05, 0) is 24.6 Å². The van der Waals surface area contributed by atoms with Crippen LogP contribution in [0, 0.1) is 6.92 Å². The van der Waals surface area contributed by atoms with E-state index in [1.54, 1.807) is 23.6 Å². The van der Waals surface area contributed by atoms with Crippen LogP contribution < -0.4 is 10.4 Å².